The van der Waals surface area contributed by atoms with Crippen LogP contribution in [0.5, 0.6) is 0 Å². The third-order valence-electron chi connectivity index (χ3n) is 4.87. The van der Waals surface area contributed by atoms with E-state index in [1.165, 1.54) is 64.5 Å². The predicted octanol–water partition coefficient (Wildman–Crippen LogP) is 2.78. The van der Waals surface area contributed by atoms with E-state index < -0.39 is 0 Å². The topological polar surface area (TPSA) is 35.5 Å². The minimum absolute atomic E-state index is 0.0113. The van der Waals surface area contributed by atoms with Crippen LogP contribution in [0.3, 0.4) is 0 Å². The maximum Gasteiger partial charge on any atom is 0.0628 e. The van der Waals surface area contributed by atoms with Crippen LogP contribution in [0.15, 0.2) is 0 Å². The summed E-state index contributed by atoms with van der Waals surface area (Å²) in [5.74, 6) is 0.707. The van der Waals surface area contributed by atoms with Gasteiger partial charge in [-0.05, 0) is 57.5 Å². The lowest BCUT2D eigenvalue weighted by molar-refractivity contribution is 0.0871. The van der Waals surface area contributed by atoms with Crippen molar-refractivity contribution in [2.24, 2.45) is 5.92 Å². The first-order valence-electron chi connectivity index (χ1n) is 8.85. The smallest absolute Gasteiger partial charge is 0.0628 e. The van der Waals surface area contributed by atoms with E-state index in [4.69, 9.17) is 0 Å². The van der Waals surface area contributed by atoms with Gasteiger partial charge in [0, 0.05) is 12.6 Å². The van der Waals surface area contributed by atoms with E-state index in [1.54, 1.807) is 0 Å². The lowest BCUT2D eigenvalue weighted by atomic mass is 9.92. The third kappa shape index (κ3) is 4.71. The van der Waals surface area contributed by atoms with Crippen LogP contribution in [-0.2, 0) is 0 Å². The molecule has 0 bridgehead atoms. The normalized spacial score (nSPS) is 22.2. The lowest BCUT2D eigenvalue weighted by Crippen LogP contribution is -2.59. The summed E-state index contributed by atoms with van der Waals surface area (Å²) in [5, 5.41) is 13.9. The summed E-state index contributed by atoms with van der Waals surface area (Å²) < 4.78 is 0. The molecule has 2 rings (SSSR count). The first-order chi connectivity index (χ1) is 9.74. The Kier molecular flexibility index (Phi) is 6.31. The molecule has 2 aliphatic carbocycles. The summed E-state index contributed by atoms with van der Waals surface area (Å²) in [5.41, 5.74) is -0.0113. The molecule has 20 heavy (non-hydrogen) atoms. The van der Waals surface area contributed by atoms with Crippen LogP contribution >= 0.6 is 0 Å². The molecule has 2 saturated carbocycles. The Balaban J connectivity index is 1.93. The van der Waals surface area contributed by atoms with Crippen molar-refractivity contribution in [2.75, 3.05) is 26.2 Å². The molecule has 0 heterocycles. The van der Waals surface area contributed by atoms with Crippen molar-refractivity contribution in [3.63, 3.8) is 0 Å². The molecule has 2 N–H and O–H groups in total. The van der Waals surface area contributed by atoms with Gasteiger partial charge in [-0.3, -0.25) is 0 Å². The van der Waals surface area contributed by atoms with Crippen LogP contribution in [0.1, 0.15) is 65.2 Å². The maximum absolute atomic E-state index is 10.1. The monoisotopic (exact) mass is 282 g/mol. The molecule has 3 nitrogen and oxygen atoms in total. The highest BCUT2D eigenvalue weighted by molar-refractivity contribution is 5.06. The second kappa shape index (κ2) is 7.77. The highest BCUT2D eigenvalue weighted by Crippen LogP contribution is 2.42. The molecule has 0 radical (unpaired) electrons. The van der Waals surface area contributed by atoms with Crippen molar-refractivity contribution in [3.8, 4) is 0 Å². The highest BCUT2D eigenvalue weighted by Gasteiger charge is 2.47. The van der Waals surface area contributed by atoms with Gasteiger partial charge in [0.2, 0.25) is 0 Å². The van der Waals surface area contributed by atoms with E-state index in [0.717, 1.165) is 6.54 Å². The molecule has 3 heteroatoms. The molecule has 0 amide bonds. The summed E-state index contributed by atoms with van der Waals surface area (Å²) >= 11 is 0. The van der Waals surface area contributed by atoms with Crippen LogP contribution in [0, 0.1) is 5.92 Å². The Morgan fingerprint density at radius 1 is 1.05 bits per heavy atom. The zero-order valence-corrected chi connectivity index (χ0v) is 13.5. The molecule has 0 aliphatic heterocycles. The van der Waals surface area contributed by atoms with E-state index in [1.807, 2.05) is 0 Å². The van der Waals surface area contributed by atoms with Crippen LogP contribution in [0.25, 0.3) is 0 Å². The summed E-state index contributed by atoms with van der Waals surface area (Å²) in [6.07, 6.45) is 10.3. The molecule has 0 spiro atoms. The summed E-state index contributed by atoms with van der Waals surface area (Å²) in [6, 6.07) is 0.682. The van der Waals surface area contributed by atoms with Gasteiger partial charge in [-0.1, -0.05) is 26.7 Å². The Morgan fingerprint density at radius 2 is 1.65 bits per heavy atom. The summed E-state index contributed by atoms with van der Waals surface area (Å²) in [6.45, 7) is 8.27. The van der Waals surface area contributed by atoms with Gasteiger partial charge >= 0.3 is 0 Å². The molecule has 1 atom stereocenters. The summed E-state index contributed by atoms with van der Waals surface area (Å²) in [7, 11) is 0. The van der Waals surface area contributed by atoms with E-state index >= 15 is 0 Å². The molecular formula is C17H34N2O. The minimum atomic E-state index is -0.0113. The molecule has 1 unspecified atom stereocenters. The molecule has 2 aliphatic rings. The molecule has 0 aromatic rings. The van der Waals surface area contributed by atoms with Crippen LogP contribution in [0.2, 0.25) is 0 Å². The average Bonchev–Trinajstić information content (AvgIpc) is 3.33. The van der Waals surface area contributed by atoms with Gasteiger partial charge in [0.25, 0.3) is 0 Å². The average molecular weight is 282 g/mol. The number of unbranched alkanes of at least 4 members (excludes halogenated alkanes) is 2. The zero-order valence-electron chi connectivity index (χ0n) is 13.5. The molecule has 2 fully saturated rings. The number of aliphatic hydroxyl groups excluding tert-OH is 1. The Morgan fingerprint density at radius 3 is 2.05 bits per heavy atom. The van der Waals surface area contributed by atoms with Crippen molar-refractivity contribution in [3.05, 3.63) is 0 Å². The second-order valence-corrected chi connectivity index (χ2v) is 6.99. The predicted molar refractivity (Wildman–Crippen MR) is 85.0 cm³/mol. The first-order valence-corrected chi connectivity index (χ1v) is 8.85. The molecular weight excluding hydrogens is 248 g/mol. The van der Waals surface area contributed by atoms with Gasteiger partial charge in [0.05, 0.1) is 12.1 Å². The van der Waals surface area contributed by atoms with Crippen LogP contribution in [-0.4, -0.2) is 47.8 Å². The number of aliphatic hydroxyl groups is 1. The highest BCUT2D eigenvalue weighted by atomic mass is 16.3. The Labute approximate surface area is 125 Å². The quantitative estimate of drug-likeness (QED) is 0.578. The number of nitrogens with one attached hydrogen (secondary N) is 1. The maximum atomic E-state index is 10.1. The third-order valence-corrected chi connectivity index (χ3v) is 4.87. The number of rotatable bonds is 12. The molecule has 118 valence electrons. The minimum Gasteiger partial charge on any atom is -0.394 e. The van der Waals surface area contributed by atoms with Crippen molar-refractivity contribution in [2.45, 2.75) is 76.8 Å². The second-order valence-electron chi connectivity index (χ2n) is 6.99. The van der Waals surface area contributed by atoms with Crippen molar-refractivity contribution in [1.29, 1.82) is 0 Å². The van der Waals surface area contributed by atoms with Crippen molar-refractivity contribution in [1.82, 2.24) is 10.2 Å². The van der Waals surface area contributed by atoms with Crippen molar-refractivity contribution >= 4 is 0 Å². The van der Waals surface area contributed by atoms with Gasteiger partial charge in [0.15, 0.2) is 0 Å². The van der Waals surface area contributed by atoms with E-state index in [9.17, 15) is 5.11 Å². The zero-order chi connectivity index (χ0) is 14.4. The molecule has 0 aromatic carbocycles. The van der Waals surface area contributed by atoms with Crippen LogP contribution < -0.4 is 5.32 Å². The number of nitrogens with zero attached hydrogens (tertiary/aromatic N) is 1. The largest absolute Gasteiger partial charge is 0.394 e. The first kappa shape index (κ1) is 16.3. The van der Waals surface area contributed by atoms with E-state index in [0.29, 0.717) is 18.6 Å². The van der Waals surface area contributed by atoms with Gasteiger partial charge in [-0.15, -0.1) is 0 Å². The Hall–Kier alpha value is -0.120. The van der Waals surface area contributed by atoms with Gasteiger partial charge in [-0.2, -0.15) is 0 Å². The molecule has 0 saturated heterocycles. The van der Waals surface area contributed by atoms with E-state index in [-0.39, 0.29) is 5.54 Å². The number of hydrogen-bond acceptors (Lipinski definition) is 3. The van der Waals surface area contributed by atoms with Gasteiger partial charge < -0.3 is 15.3 Å². The van der Waals surface area contributed by atoms with Gasteiger partial charge in [-0.25, -0.2) is 0 Å². The molecule has 0 aromatic heterocycles. The van der Waals surface area contributed by atoms with Gasteiger partial charge in [0.1, 0.15) is 0 Å². The van der Waals surface area contributed by atoms with Crippen LogP contribution in [0.4, 0.5) is 0 Å². The SMILES string of the molecule is CCCCN(CCCC)CC(CO)(NC1CC1)C1CC1. The standard InChI is InChI=1S/C17H34N2O/c1-3-5-11-19(12-6-4-2)13-17(14-20,15-7-8-15)18-16-9-10-16/h15-16,18,20H,3-14H2,1-2H3. The van der Waals surface area contributed by atoms with E-state index in [2.05, 4.69) is 24.1 Å². The fraction of sp³-hybridized carbons (Fsp3) is 1.00. The fourth-order valence-corrected chi connectivity index (χ4v) is 3.22. The summed E-state index contributed by atoms with van der Waals surface area (Å²) in [4.78, 5) is 2.61. The lowest BCUT2D eigenvalue weighted by Gasteiger charge is -2.39. The fourth-order valence-electron chi connectivity index (χ4n) is 3.22. The van der Waals surface area contributed by atoms with Crippen molar-refractivity contribution < 1.29 is 5.11 Å². The Bertz CT molecular complexity index is 268. The number of hydrogen-bond donors (Lipinski definition) is 2.